The van der Waals surface area contributed by atoms with Crippen LogP contribution in [0.3, 0.4) is 0 Å². The van der Waals surface area contributed by atoms with E-state index in [1.54, 1.807) is 12.1 Å². The molecule has 0 saturated heterocycles. The third-order valence-electron chi connectivity index (χ3n) is 4.49. The summed E-state index contributed by atoms with van der Waals surface area (Å²) in [5, 5.41) is 9.00. The molecule has 0 aliphatic carbocycles. The minimum Gasteiger partial charge on any atom is -0.327 e. The van der Waals surface area contributed by atoms with Crippen LogP contribution in [0.25, 0.3) is 11.0 Å². The van der Waals surface area contributed by atoms with Gasteiger partial charge in [-0.15, -0.1) is 0 Å². The van der Waals surface area contributed by atoms with E-state index in [1.165, 1.54) is 16.4 Å². The van der Waals surface area contributed by atoms with Gasteiger partial charge in [-0.05, 0) is 30.3 Å². The zero-order valence-corrected chi connectivity index (χ0v) is 14.3. The summed E-state index contributed by atoms with van der Waals surface area (Å²) in [6.45, 7) is 1.32. The Morgan fingerprint density at radius 3 is 2.72 bits per heavy atom. The number of hydrogen-bond donors (Lipinski definition) is 0. The molecular formula is C18H16N4O2S. The predicted molar refractivity (Wildman–Crippen MR) is 93.4 cm³/mol. The van der Waals surface area contributed by atoms with Crippen molar-refractivity contribution in [3.63, 3.8) is 0 Å². The number of nitrogens with zero attached hydrogens (tertiary/aromatic N) is 4. The molecule has 4 rings (SSSR count). The highest BCUT2D eigenvalue weighted by Crippen LogP contribution is 2.23. The first kappa shape index (κ1) is 15.8. The lowest BCUT2D eigenvalue weighted by Gasteiger charge is -2.19. The summed E-state index contributed by atoms with van der Waals surface area (Å²) < 4.78 is 29.4. The van der Waals surface area contributed by atoms with Crippen LogP contribution in [0.1, 0.15) is 11.4 Å². The molecule has 6 nitrogen and oxygen atoms in total. The molecule has 0 spiro atoms. The van der Waals surface area contributed by atoms with Gasteiger partial charge in [0.2, 0.25) is 10.0 Å². The monoisotopic (exact) mass is 352 g/mol. The Kier molecular flexibility index (Phi) is 3.79. The molecule has 7 heteroatoms. The standard InChI is InChI=1S/C18H16N4O2S/c19-13-14-4-3-5-15(12-14)25(23,24)21-9-8-18-20-16-6-1-2-7-17(16)22(18)11-10-21/h1-7,12H,8-11H2. The number of rotatable bonds is 2. The molecule has 0 radical (unpaired) electrons. The molecule has 1 aromatic heterocycles. The van der Waals surface area contributed by atoms with Crippen LogP contribution in [-0.2, 0) is 23.0 Å². The number of imidazole rings is 1. The predicted octanol–water partition coefficient (Wildman–Crippen LogP) is 2.15. The zero-order valence-electron chi connectivity index (χ0n) is 13.5. The van der Waals surface area contributed by atoms with Crippen molar-refractivity contribution in [2.24, 2.45) is 0 Å². The lowest BCUT2D eigenvalue weighted by molar-refractivity contribution is 0.416. The molecule has 25 heavy (non-hydrogen) atoms. The molecule has 2 aromatic carbocycles. The van der Waals surface area contributed by atoms with Crippen molar-refractivity contribution in [2.45, 2.75) is 17.9 Å². The summed E-state index contributed by atoms with van der Waals surface area (Å²) in [6.07, 6.45) is 0.561. The van der Waals surface area contributed by atoms with E-state index in [-0.39, 0.29) is 4.90 Å². The smallest absolute Gasteiger partial charge is 0.243 e. The van der Waals surface area contributed by atoms with Crippen LogP contribution >= 0.6 is 0 Å². The van der Waals surface area contributed by atoms with Crippen LogP contribution in [0.15, 0.2) is 53.4 Å². The van der Waals surface area contributed by atoms with Gasteiger partial charge >= 0.3 is 0 Å². The SMILES string of the molecule is N#Cc1cccc(S(=O)(=O)N2CCc3nc4ccccc4n3CC2)c1. The fourth-order valence-corrected chi connectivity index (χ4v) is 4.71. The molecule has 0 amide bonds. The van der Waals surface area contributed by atoms with E-state index >= 15 is 0 Å². The molecule has 0 N–H and O–H groups in total. The highest BCUT2D eigenvalue weighted by Gasteiger charge is 2.27. The van der Waals surface area contributed by atoms with E-state index in [4.69, 9.17) is 5.26 Å². The van der Waals surface area contributed by atoms with E-state index < -0.39 is 10.0 Å². The van der Waals surface area contributed by atoms with Crippen LogP contribution in [-0.4, -0.2) is 35.4 Å². The number of hydrogen-bond acceptors (Lipinski definition) is 4. The van der Waals surface area contributed by atoms with Gasteiger partial charge in [-0.3, -0.25) is 0 Å². The second-order valence-electron chi connectivity index (χ2n) is 5.96. The Morgan fingerprint density at radius 1 is 1.04 bits per heavy atom. The average molecular weight is 352 g/mol. The molecule has 3 aromatic rings. The maximum absolute atomic E-state index is 12.9. The van der Waals surface area contributed by atoms with E-state index in [1.807, 2.05) is 30.3 Å². The summed E-state index contributed by atoms with van der Waals surface area (Å²) >= 11 is 0. The van der Waals surface area contributed by atoms with Gasteiger partial charge in [0.1, 0.15) is 5.82 Å². The van der Waals surface area contributed by atoms with E-state index in [0.29, 0.717) is 31.6 Å². The molecule has 1 aliphatic rings. The molecule has 1 aliphatic heterocycles. The Labute approximate surface area is 146 Å². The molecule has 2 heterocycles. The maximum atomic E-state index is 12.9. The zero-order chi connectivity index (χ0) is 17.4. The molecule has 0 atom stereocenters. The molecular weight excluding hydrogens is 336 g/mol. The first-order chi connectivity index (χ1) is 12.1. The summed E-state index contributed by atoms with van der Waals surface area (Å²) in [6, 6.07) is 16.0. The van der Waals surface area contributed by atoms with E-state index in [2.05, 4.69) is 9.55 Å². The number of nitriles is 1. The van der Waals surface area contributed by atoms with Gasteiger partial charge in [-0.1, -0.05) is 18.2 Å². The summed E-state index contributed by atoms with van der Waals surface area (Å²) in [4.78, 5) is 4.79. The molecule has 126 valence electrons. The average Bonchev–Trinajstić information content (AvgIpc) is 2.85. The van der Waals surface area contributed by atoms with Crippen molar-refractivity contribution in [3.05, 3.63) is 59.9 Å². The highest BCUT2D eigenvalue weighted by molar-refractivity contribution is 7.89. The Bertz CT molecular complexity index is 1100. The molecule has 0 fully saturated rings. The van der Waals surface area contributed by atoms with Crippen molar-refractivity contribution in [3.8, 4) is 6.07 Å². The van der Waals surface area contributed by atoms with Gasteiger partial charge in [0.15, 0.2) is 0 Å². The fourth-order valence-electron chi connectivity index (χ4n) is 3.23. The largest absolute Gasteiger partial charge is 0.327 e. The minimum atomic E-state index is -3.63. The first-order valence-electron chi connectivity index (χ1n) is 8.04. The first-order valence-corrected chi connectivity index (χ1v) is 9.48. The Hall–Kier alpha value is -2.69. The highest BCUT2D eigenvalue weighted by atomic mass is 32.2. The third-order valence-corrected chi connectivity index (χ3v) is 6.39. The number of sulfonamides is 1. The van der Waals surface area contributed by atoms with Crippen LogP contribution < -0.4 is 0 Å². The number of para-hydroxylation sites is 2. The van der Waals surface area contributed by atoms with Crippen molar-refractivity contribution in [1.82, 2.24) is 13.9 Å². The minimum absolute atomic E-state index is 0.163. The van der Waals surface area contributed by atoms with E-state index in [0.717, 1.165) is 16.9 Å². The summed E-state index contributed by atoms with van der Waals surface area (Å²) in [7, 11) is -3.63. The Balaban J connectivity index is 1.66. The second kappa shape index (κ2) is 5.99. The van der Waals surface area contributed by atoms with Gasteiger partial charge in [0.25, 0.3) is 0 Å². The number of benzene rings is 2. The van der Waals surface area contributed by atoms with Gasteiger partial charge < -0.3 is 4.57 Å². The molecule has 0 saturated carbocycles. The molecule has 0 unspecified atom stereocenters. The van der Waals surface area contributed by atoms with Crippen LogP contribution in [0.2, 0.25) is 0 Å². The quantitative estimate of drug-likeness (QED) is 0.708. The van der Waals surface area contributed by atoms with Crippen molar-refractivity contribution in [2.75, 3.05) is 13.1 Å². The normalized spacial score (nSPS) is 15.5. The van der Waals surface area contributed by atoms with Crippen molar-refractivity contribution < 1.29 is 8.42 Å². The third kappa shape index (κ3) is 2.69. The van der Waals surface area contributed by atoms with Crippen LogP contribution in [0.4, 0.5) is 0 Å². The fraction of sp³-hybridized carbons (Fsp3) is 0.222. The number of fused-ring (bicyclic) bond motifs is 3. The van der Waals surface area contributed by atoms with Gasteiger partial charge in [-0.25, -0.2) is 13.4 Å². The van der Waals surface area contributed by atoms with Crippen LogP contribution in [0, 0.1) is 11.3 Å². The summed E-state index contributed by atoms with van der Waals surface area (Å²) in [5.41, 5.74) is 2.31. The summed E-state index contributed by atoms with van der Waals surface area (Å²) in [5.74, 6) is 0.907. The van der Waals surface area contributed by atoms with Crippen LogP contribution in [0.5, 0.6) is 0 Å². The maximum Gasteiger partial charge on any atom is 0.243 e. The Morgan fingerprint density at radius 2 is 1.88 bits per heavy atom. The lowest BCUT2D eigenvalue weighted by atomic mass is 10.2. The topological polar surface area (TPSA) is 79.0 Å². The lowest BCUT2D eigenvalue weighted by Crippen LogP contribution is -2.33. The molecule has 0 bridgehead atoms. The van der Waals surface area contributed by atoms with Crippen molar-refractivity contribution in [1.29, 1.82) is 5.26 Å². The van der Waals surface area contributed by atoms with Gasteiger partial charge in [-0.2, -0.15) is 9.57 Å². The van der Waals surface area contributed by atoms with Crippen molar-refractivity contribution >= 4 is 21.1 Å². The second-order valence-corrected chi connectivity index (χ2v) is 7.90. The number of aromatic nitrogens is 2. The van der Waals surface area contributed by atoms with E-state index in [9.17, 15) is 8.42 Å². The van der Waals surface area contributed by atoms with Gasteiger partial charge in [0.05, 0.1) is 27.6 Å². The van der Waals surface area contributed by atoms with Gasteiger partial charge in [0, 0.05) is 26.1 Å².